The molecule has 1 aliphatic heterocycles. The van der Waals surface area contributed by atoms with Crippen LogP contribution in [-0.2, 0) is 16.0 Å². The summed E-state index contributed by atoms with van der Waals surface area (Å²) >= 11 is 0. The van der Waals surface area contributed by atoms with E-state index in [1.165, 1.54) is 5.56 Å². The molecule has 2 aromatic rings. The number of amides is 2. The van der Waals surface area contributed by atoms with Crippen molar-refractivity contribution in [3.63, 3.8) is 0 Å². The number of nitrogens with zero attached hydrogens (tertiary/aromatic N) is 1. The van der Waals surface area contributed by atoms with Crippen LogP contribution in [0.2, 0.25) is 0 Å². The number of rotatable bonds is 4. The minimum absolute atomic E-state index is 0.00732. The lowest BCUT2D eigenvalue weighted by Gasteiger charge is -2.35. The van der Waals surface area contributed by atoms with E-state index in [2.05, 4.69) is 17.4 Å². The van der Waals surface area contributed by atoms with Crippen molar-refractivity contribution in [1.29, 1.82) is 0 Å². The van der Waals surface area contributed by atoms with Gasteiger partial charge in [0.15, 0.2) is 0 Å². The fraction of sp³-hybridized carbons (Fsp3) is 0.440. The lowest BCUT2D eigenvalue weighted by molar-refractivity contribution is -0.129. The molecule has 2 amide bonds. The molecule has 1 atom stereocenters. The van der Waals surface area contributed by atoms with Gasteiger partial charge in [-0.25, -0.2) is 0 Å². The molecule has 0 saturated heterocycles. The number of fused-ring (bicyclic) bond motifs is 1. The fourth-order valence-corrected chi connectivity index (χ4v) is 4.74. The molecule has 29 heavy (non-hydrogen) atoms. The van der Waals surface area contributed by atoms with E-state index in [0.29, 0.717) is 0 Å². The molecule has 152 valence electrons. The summed E-state index contributed by atoms with van der Waals surface area (Å²) in [5.74, 6) is 0.417. The minimum atomic E-state index is 0.00732. The van der Waals surface area contributed by atoms with Crippen molar-refractivity contribution in [3.05, 3.63) is 65.7 Å². The van der Waals surface area contributed by atoms with Gasteiger partial charge < -0.3 is 10.2 Å². The average Bonchev–Trinajstić information content (AvgIpc) is 2.79. The first-order chi connectivity index (χ1) is 14.1. The van der Waals surface area contributed by atoms with Gasteiger partial charge in [0.2, 0.25) is 11.8 Å². The highest BCUT2D eigenvalue weighted by molar-refractivity contribution is 5.96. The van der Waals surface area contributed by atoms with Crippen molar-refractivity contribution in [3.8, 4) is 0 Å². The van der Waals surface area contributed by atoms with E-state index in [0.717, 1.165) is 56.3 Å². The molecule has 4 nitrogen and oxygen atoms in total. The summed E-state index contributed by atoms with van der Waals surface area (Å²) in [6, 6.07) is 18.3. The number of hydrogen-bond acceptors (Lipinski definition) is 2. The molecule has 0 bridgehead atoms. The van der Waals surface area contributed by atoms with Crippen LogP contribution in [0.15, 0.2) is 54.6 Å². The van der Waals surface area contributed by atoms with E-state index < -0.39 is 0 Å². The van der Waals surface area contributed by atoms with Crippen LogP contribution in [0.4, 0.5) is 5.69 Å². The van der Waals surface area contributed by atoms with E-state index in [-0.39, 0.29) is 29.7 Å². The molecule has 1 unspecified atom stereocenters. The molecule has 4 heteroatoms. The maximum Gasteiger partial charge on any atom is 0.230 e. The van der Waals surface area contributed by atoms with Crippen molar-refractivity contribution in [1.82, 2.24) is 5.32 Å². The monoisotopic (exact) mass is 390 g/mol. The van der Waals surface area contributed by atoms with Crippen LogP contribution >= 0.6 is 0 Å². The highest BCUT2D eigenvalue weighted by Gasteiger charge is 2.34. The van der Waals surface area contributed by atoms with E-state index in [1.807, 2.05) is 54.3 Å². The normalized spacial score (nSPS) is 22.4. The molecule has 1 aliphatic carbocycles. The summed E-state index contributed by atoms with van der Waals surface area (Å²) in [6.07, 6.45) is 5.26. The Kier molecular flexibility index (Phi) is 5.98. The minimum Gasteiger partial charge on any atom is -0.349 e. The summed E-state index contributed by atoms with van der Waals surface area (Å²) in [5.41, 5.74) is 3.48. The van der Waals surface area contributed by atoms with Crippen molar-refractivity contribution in [2.75, 3.05) is 11.4 Å². The number of carbonyl (C=O) groups is 2. The molecule has 1 fully saturated rings. The Morgan fingerprint density at radius 1 is 0.931 bits per heavy atom. The second kappa shape index (κ2) is 8.81. The van der Waals surface area contributed by atoms with E-state index in [4.69, 9.17) is 0 Å². The number of aryl methyl sites for hydroxylation is 1. The zero-order valence-electron chi connectivity index (χ0n) is 17.1. The van der Waals surface area contributed by atoms with Gasteiger partial charge in [-0.1, -0.05) is 48.5 Å². The Morgan fingerprint density at radius 3 is 2.34 bits per heavy atom. The topological polar surface area (TPSA) is 49.4 Å². The first-order valence-electron chi connectivity index (χ1n) is 10.9. The van der Waals surface area contributed by atoms with E-state index in [1.54, 1.807) is 0 Å². The first kappa shape index (κ1) is 19.7. The van der Waals surface area contributed by atoms with Crippen LogP contribution < -0.4 is 10.2 Å². The van der Waals surface area contributed by atoms with Crippen molar-refractivity contribution in [2.24, 2.45) is 11.8 Å². The highest BCUT2D eigenvalue weighted by Crippen LogP contribution is 2.34. The highest BCUT2D eigenvalue weighted by atomic mass is 16.2. The predicted molar refractivity (Wildman–Crippen MR) is 116 cm³/mol. The van der Waals surface area contributed by atoms with Gasteiger partial charge >= 0.3 is 0 Å². The number of para-hydroxylation sites is 1. The lowest BCUT2D eigenvalue weighted by atomic mass is 9.80. The summed E-state index contributed by atoms with van der Waals surface area (Å²) in [6.45, 7) is 2.83. The fourth-order valence-electron chi connectivity index (χ4n) is 4.74. The number of anilines is 1. The molecule has 1 N–H and O–H groups in total. The van der Waals surface area contributed by atoms with Gasteiger partial charge in [0.1, 0.15) is 0 Å². The predicted octanol–water partition coefficient (Wildman–Crippen LogP) is 4.65. The zero-order chi connectivity index (χ0) is 20.2. The van der Waals surface area contributed by atoms with Crippen molar-refractivity contribution in [2.45, 2.75) is 51.5 Å². The van der Waals surface area contributed by atoms with Crippen molar-refractivity contribution >= 4 is 17.5 Å². The van der Waals surface area contributed by atoms with Gasteiger partial charge in [-0.15, -0.1) is 0 Å². The van der Waals surface area contributed by atoms with Gasteiger partial charge in [0, 0.05) is 24.1 Å². The average molecular weight is 391 g/mol. The number of carbonyl (C=O) groups excluding carboxylic acids is 2. The van der Waals surface area contributed by atoms with Crippen LogP contribution in [0, 0.1) is 11.8 Å². The first-order valence-corrected chi connectivity index (χ1v) is 10.9. The van der Waals surface area contributed by atoms with E-state index in [9.17, 15) is 9.59 Å². The van der Waals surface area contributed by atoms with Crippen LogP contribution in [0.5, 0.6) is 0 Å². The van der Waals surface area contributed by atoms with Crippen molar-refractivity contribution < 1.29 is 9.59 Å². The zero-order valence-corrected chi connectivity index (χ0v) is 17.1. The third-order valence-corrected chi connectivity index (χ3v) is 6.48. The number of benzene rings is 2. The standard InChI is InChI=1S/C25H30N2O2/c1-18(19-8-3-2-4-9-19)26-24(28)21-13-15-22(16-14-21)25(29)27-17-7-11-20-10-5-6-12-23(20)27/h2-6,8-10,12,18,21-22H,7,11,13-17H2,1H3,(H,26,28). The largest absolute Gasteiger partial charge is 0.349 e. The lowest BCUT2D eigenvalue weighted by Crippen LogP contribution is -2.42. The van der Waals surface area contributed by atoms with Crippen LogP contribution in [0.1, 0.15) is 56.2 Å². The number of nitrogens with one attached hydrogen (secondary N) is 1. The molecule has 4 rings (SSSR count). The summed E-state index contributed by atoms with van der Waals surface area (Å²) in [7, 11) is 0. The van der Waals surface area contributed by atoms with Gasteiger partial charge in [0.25, 0.3) is 0 Å². The van der Waals surface area contributed by atoms with Crippen LogP contribution in [-0.4, -0.2) is 18.4 Å². The Morgan fingerprint density at radius 2 is 1.59 bits per heavy atom. The number of hydrogen-bond donors (Lipinski definition) is 1. The smallest absolute Gasteiger partial charge is 0.230 e. The second-order valence-electron chi connectivity index (χ2n) is 8.41. The van der Waals surface area contributed by atoms with Gasteiger partial charge in [-0.3, -0.25) is 9.59 Å². The maximum atomic E-state index is 13.2. The third kappa shape index (κ3) is 4.36. The quantitative estimate of drug-likeness (QED) is 0.826. The molecule has 2 aliphatic rings. The van der Waals surface area contributed by atoms with E-state index >= 15 is 0 Å². The summed E-state index contributed by atoms with van der Waals surface area (Å²) < 4.78 is 0. The summed E-state index contributed by atoms with van der Waals surface area (Å²) in [4.78, 5) is 27.9. The molecule has 1 saturated carbocycles. The van der Waals surface area contributed by atoms with Gasteiger partial charge in [-0.2, -0.15) is 0 Å². The molecule has 0 aromatic heterocycles. The Labute approximate surface area is 173 Å². The van der Waals surface area contributed by atoms with Crippen LogP contribution in [0.25, 0.3) is 0 Å². The molecule has 2 aromatic carbocycles. The maximum absolute atomic E-state index is 13.2. The molecule has 0 radical (unpaired) electrons. The Hall–Kier alpha value is -2.62. The second-order valence-corrected chi connectivity index (χ2v) is 8.41. The third-order valence-electron chi connectivity index (χ3n) is 6.48. The van der Waals surface area contributed by atoms with Crippen LogP contribution in [0.3, 0.4) is 0 Å². The molecule has 1 heterocycles. The Bertz CT molecular complexity index is 856. The molecular weight excluding hydrogens is 360 g/mol. The SMILES string of the molecule is CC(NC(=O)C1CCC(C(=O)N2CCCc3ccccc32)CC1)c1ccccc1. The molecule has 0 spiro atoms. The molecular formula is C25H30N2O2. The summed E-state index contributed by atoms with van der Waals surface area (Å²) in [5, 5.41) is 3.15. The Balaban J connectivity index is 1.33. The van der Waals surface area contributed by atoms with Gasteiger partial charge in [-0.05, 0) is 62.6 Å². The van der Waals surface area contributed by atoms with Gasteiger partial charge in [0.05, 0.1) is 6.04 Å².